The van der Waals surface area contributed by atoms with Crippen LogP contribution in [0.1, 0.15) is 55.8 Å². The monoisotopic (exact) mass is 486 g/mol. The van der Waals surface area contributed by atoms with Crippen LogP contribution in [0.25, 0.3) is 11.8 Å². The second-order valence-electron chi connectivity index (χ2n) is 9.59. The van der Waals surface area contributed by atoms with Crippen LogP contribution in [-0.4, -0.2) is 39.3 Å². The van der Waals surface area contributed by atoms with Crippen LogP contribution >= 0.6 is 0 Å². The highest BCUT2D eigenvalue weighted by Gasteiger charge is 2.49. The lowest BCUT2D eigenvalue weighted by Gasteiger charge is -2.54. The Labute approximate surface area is 211 Å². The molecule has 0 radical (unpaired) electrons. The van der Waals surface area contributed by atoms with E-state index in [4.69, 9.17) is 4.74 Å². The molecule has 1 saturated heterocycles. The molecule has 36 heavy (non-hydrogen) atoms. The molecule has 1 fully saturated rings. The number of halogens is 1. The maximum atomic E-state index is 13.7. The van der Waals surface area contributed by atoms with Gasteiger partial charge in [0.15, 0.2) is 0 Å². The van der Waals surface area contributed by atoms with Gasteiger partial charge < -0.3 is 14.2 Å². The number of rotatable bonds is 6. The number of carbonyl (C=O) groups excluding carboxylic acids is 1. The van der Waals surface area contributed by atoms with Crippen LogP contribution in [0.5, 0.6) is 5.75 Å². The molecule has 3 heterocycles. The molecular formula is C29H31FN4O2. The summed E-state index contributed by atoms with van der Waals surface area (Å²) >= 11 is 0. The van der Waals surface area contributed by atoms with E-state index < -0.39 is 5.54 Å². The molecule has 1 amide bonds. The number of piperidine rings is 1. The Bertz CT molecular complexity index is 1330. The predicted molar refractivity (Wildman–Crippen MR) is 139 cm³/mol. The first-order chi connectivity index (χ1) is 17.4. The smallest absolute Gasteiger partial charge is 0.250 e. The Morgan fingerprint density at radius 2 is 2.00 bits per heavy atom. The van der Waals surface area contributed by atoms with Gasteiger partial charge in [-0.1, -0.05) is 31.2 Å². The van der Waals surface area contributed by atoms with Crippen LogP contribution in [0.3, 0.4) is 0 Å². The van der Waals surface area contributed by atoms with Crippen molar-refractivity contribution in [3.8, 4) is 11.4 Å². The van der Waals surface area contributed by atoms with Crippen molar-refractivity contribution in [3.05, 3.63) is 83.7 Å². The summed E-state index contributed by atoms with van der Waals surface area (Å²) in [7, 11) is 1.65. The molecule has 7 heteroatoms. The van der Waals surface area contributed by atoms with Gasteiger partial charge in [-0.05, 0) is 74.1 Å². The van der Waals surface area contributed by atoms with Crippen molar-refractivity contribution in [1.29, 1.82) is 0 Å². The summed E-state index contributed by atoms with van der Waals surface area (Å²) in [6.07, 6.45) is 11.7. The third-order valence-corrected chi connectivity index (χ3v) is 7.36. The highest BCUT2D eigenvalue weighted by atomic mass is 19.1. The molecule has 0 saturated carbocycles. The Kier molecular flexibility index (Phi) is 6.48. The van der Waals surface area contributed by atoms with Gasteiger partial charge in [0.25, 0.3) is 0 Å². The van der Waals surface area contributed by atoms with Crippen molar-refractivity contribution in [2.75, 3.05) is 7.11 Å². The lowest BCUT2D eigenvalue weighted by molar-refractivity contribution is -0.123. The number of hydrogen-bond acceptors (Lipinski definition) is 4. The first-order valence-corrected chi connectivity index (χ1v) is 12.5. The number of fused-ring (bicyclic) bond motifs is 1. The zero-order valence-corrected chi connectivity index (χ0v) is 20.9. The van der Waals surface area contributed by atoms with Crippen molar-refractivity contribution < 1.29 is 13.9 Å². The number of benzene rings is 2. The van der Waals surface area contributed by atoms with E-state index in [1.54, 1.807) is 13.4 Å². The number of imidazole rings is 1. The molecule has 2 aromatic carbocycles. The molecule has 5 rings (SSSR count). The molecule has 3 aromatic rings. The number of amidine groups is 1. The van der Waals surface area contributed by atoms with E-state index >= 15 is 0 Å². The quantitative estimate of drug-likeness (QED) is 0.440. The summed E-state index contributed by atoms with van der Waals surface area (Å²) in [5, 5.41) is 0. The van der Waals surface area contributed by atoms with E-state index in [9.17, 15) is 9.18 Å². The van der Waals surface area contributed by atoms with Crippen LogP contribution in [0.2, 0.25) is 0 Å². The first kappa shape index (κ1) is 24.0. The fraction of sp³-hybridized carbons (Fsp3) is 0.345. The number of methoxy groups -OCH3 is 1. The molecule has 0 aliphatic carbocycles. The Hall–Kier alpha value is -3.74. The zero-order valence-electron chi connectivity index (χ0n) is 20.9. The third-order valence-electron chi connectivity index (χ3n) is 7.36. The van der Waals surface area contributed by atoms with Gasteiger partial charge in [-0.25, -0.2) is 9.37 Å². The van der Waals surface area contributed by atoms with E-state index in [1.807, 2.05) is 60.2 Å². The van der Waals surface area contributed by atoms with Crippen LogP contribution in [0.15, 0.2) is 66.1 Å². The number of hydrogen-bond donors (Lipinski definition) is 0. The molecule has 0 bridgehead atoms. The fourth-order valence-corrected chi connectivity index (χ4v) is 5.67. The lowest BCUT2D eigenvalue weighted by atomic mass is 9.74. The average molecular weight is 487 g/mol. The SMILES string of the molecule is CCC1CCCC2(c3ccc(F)cc3)CC(=O)N=C(C=Cc3ccc(-n4cnc(C)c4)c(OC)c3)N12. The van der Waals surface area contributed by atoms with Crippen molar-refractivity contribution in [2.45, 2.75) is 57.5 Å². The molecular weight excluding hydrogens is 455 g/mol. The molecule has 1 aromatic heterocycles. The normalized spacial score (nSPS) is 22.0. The van der Waals surface area contributed by atoms with E-state index in [0.717, 1.165) is 53.9 Å². The Morgan fingerprint density at radius 3 is 2.69 bits per heavy atom. The summed E-state index contributed by atoms with van der Waals surface area (Å²) in [5.41, 5.74) is 3.23. The van der Waals surface area contributed by atoms with Crippen LogP contribution < -0.4 is 4.74 Å². The van der Waals surface area contributed by atoms with Crippen LogP contribution in [0, 0.1) is 12.7 Å². The summed E-state index contributed by atoms with van der Waals surface area (Å²) in [6, 6.07) is 12.8. The van der Waals surface area contributed by atoms with Crippen molar-refractivity contribution >= 4 is 17.8 Å². The maximum absolute atomic E-state index is 13.7. The first-order valence-electron chi connectivity index (χ1n) is 12.5. The summed E-state index contributed by atoms with van der Waals surface area (Å²) in [5.74, 6) is 0.968. The minimum Gasteiger partial charge on any atom is -0.495 e. The third kappa shape index (κ3) is 4.34. The number of nitrogens with zero attached hydrogens (tertiary/aromatic N) is 4. The number of aliphatic imine (C=N–C) groups is 1. The van der Waals surface area contributed by atoms with E-state index in [-0.39, 0.29) is 17.8 Å². The number of aryl methyl sites for hydroxylation is 1. The summed E-state index contributed by atoms with van der Waals surface area (Å²) in [4.78, 5) is 24.0. The largest absolute Gasteiger partial charge is 0.495 e. The van der Waals surface area contributed by atoms with Crippen molar-refractivity contribution in [1.82, 2.24) is 14.5 Å². The summed E-state index contributed by atoms with van der Waals surface area (Å²) in [6.45, 7) is 4.12. The molecule has 2 aliphatic rings. The van der Waals surface area contributed by atoms with Crippen molar-refractivity contribution in [2.24, 2.45) is 4.99 Å². The molecule has 6 nitrogen and oxygen atoms in total. The van der Waals surface area contributed by atoms with Gasteiger partial charge in [0.2, 0.25) is 5.91 Å². The van der Waals surface area contributed by atoms with Crippen molar-refractivity contribution in [3.63, 3.8) is 0 Å². The Morgan fingerprint density at radius 1 is 1.19 bits per heavy atom. The van der Waals surface area contributed by atoms with E-state index in [1.165, 1.54) is 12.1 Å². The Balaban J connectivity index is 1.52. The van der Waals surface area contributed by atoms with Gasteiger partial charge in [-0.15, -0.1) is 0 Å². The standard InChI is InChI=1S/C29H31FN4O2/c1-4-24-6-5-15-29(22-9-11-23(30)12-10-22)17-28(35)32-27(34(24)29)14-8-21-7-13-25(26(16-21)36-3)33-18-20(2)31-19-33/h7-14,16,18-19,24H,4-6,15,17H2,1-3H3. The molecule has 2 unspecified atom stereocenters. The van der Waals surface area contributed by atoms with E-state index in [2.05, 4.69) is 21.8 Å². The highest BCUT2D eigenvalue weighted by Crippen LogP contribution is 2.46. The second-order valence-corrected chi connectivity index (χ2v) is 9.59. The maximum Gasteiger partial charge on any atom is 0.250 e. The highest BCUT2D eigenvalue weighted by molar-refractivity contribution is 6.06. The van der Waals surface area contributed by atoms with Gasteiger partial charge in [0.05, 0.1) is 36.8 Å². The molecule has 2 aliphatic heterocycles. The van der Waals surface area contributed by atoms with Gasteiger partial charge in [0.1, 0.15) is 17.4 Å². The molecule has 186 valence electrons. The predicted octanol–water partition coefficient (Wildman–Crippen LogP) is 5.83. The molecule has 2 atom stereocenters. The number of amides is 1. The fourth-order valence-electron chi connectivity index (χ4n) is 5.67. The van der Waals surface area contributed by atoms with Gasteiger partial charge in [-0.3, -0.25) is 4.79 Å². The van der Waals surface area contributed by atoms with Gasteiger partial charge in [0, 0.05) is 12.2 Å². The zero-order chi connectivity index (χ0) is 25.3. The van der Waals surface area contributed by atoms with E-state index in [0.29, 0.717) is 12.3 Å². The summed E-state index contributed by atoms with van der Waals surface area (Å²) < 4.78 is 21.3. The number of aromatic nitrogens is 2. The molecule has 0 N–H and O–H groups in total. The van der Waals surface area contributed by atoms with Crippen LogP contribution in [0.4, 0.5) is 4.39 Å². The van der Waals surface area contributed by atoms with Gasteiger partial charge in [-0.2, -0.15) is 4.99 Å². The lowest BCUT2D eigenvalue weighted by Crippen LogP contribution is -2.59. The number of carbonyl (C=O) groups is 1. The molecule has 0 spiro atoms. The number of ether oxygens (including phenoxy) is 1. The van der Waals surface area contributed by atoms with Crippen LogP contribution in [-0.2, 0) is 10.3 Å². The minimum atomic E-state index is -0.508. The second kappa shape index (κ2) is 9.72. The topological polar surface area (TPSA) is 59.7 Å². The minimum absolute atomic E-state index is 0.143. The average Bonchev–Trinajstić information content (AvgIpc) is 3.32. The van der Waals surface area contributed by atoms with Gasteiger partial charge >= 0.3 is 0 Å².